The van der Waals surface area contributed by atoms with E-state index in [0.717, 1.165) is 149 Å². The standard InChI is InChI=1S/3C20H21O4P.Sc/c3*21-25(22)23-17-11-9-13-5-1-3-7-15(13)19(17)20-16-8-4-2-6-14(16)10-12-18(20)24-25;/h3*9-12H,1-8H2,(H,21,22);. The van der Waals surface area contributed by atoms with Gasteiger partial charge in [-0.2, -0.15) is 0 Å². The van der Waals surface area contributed by atoms with Crippen molar-refractivity contribution in [2.45, 2.75) is 154 Å². The van der Waals surface area contributed by atoms with Gasteiger partial charge in [-0.3, -0.25) is 14.7 Å². The minimum Gasteiger partial charge on any atom is -0.395 e. The summed E-state index contributed by atoms with van der Waals surface area (Å²) in [6.45, 7) is 0. The van der Waals surface area contributed by atoms with Crippen LogP contribution in [0.25, 0.3) is 33.4 Å². The zero-order valence-corrected chi connectivity index (χ0v) is 47.3. The van der Waals surface area contributed by atoms with Crippen molar-refractivity contribution in [3.63, 3.8) is 0 Å². The van der Waals surface area contributed by atoms with Gasteiger partial charge in [-0.25, -0.2) is 13.7 Å². The minimum atomic E-state index is -4.17. The Hall–Kier alpha value is -4.44. The monoisotopic (exact) mass is 1110 g/mol. The molecule has 0 spiro atoms. The van der Waals surface area contributed by atoms with Crippen LogP contribution in [0, 0.1) is 0 Å². The van der Waals surface area contributed by atoms with Gasteiger partial charge in [0.1, 0.15) is 34.5 Å². The molecular formula is C60H63O12P3Sc. The molecule has 0 amide bonds. The molecule has 0 aromatic heterocycles. The third kappa shape index (κ3) is 9.92. The van der Waals surface area contributed by atoms with Crippen molar-refractivity contribution in [3.8, 4) is 67.9 Å². The van der Waals surface area contributed by atoms with Gasteiger partial charge in [-0.1, -0.05) is 36.4 Å². The van der Waals surface area contributed by atoms with Crippen molar-refractivity contribution in [1.29, 1.82) is 0 Å². The van der Waals surface area contributed by atoms with Gasteiger partial charge in [0.2, 0.25) is 0 Å². The number of phosphoric ester groups is 3. The number of aryl methyl sites for hydroxylation is 6. The molecule has 76 heavy (non-hydrogen) atoms. The summed E-state index contributed by atoms with van der Waals surface area (Å²) in [5, 5.41) is 0. The van der Waals surface area contributed by atoms with E-state index in [2.05, 4.69) is 0 Å². The number of rotatable bonds is 0. The van der Waals surface area contributed by atoms with Gasteiger partial charge in [-0.05, 0) is 257 Å². The second-order valence-corrected chi connectivity index (χ2v) is 25.6. The SMILES string of the molecule is O=P1(O)Oc2ccc3c(c2-c2c(ccc4c2CCCC4)O1)CCCC3.O=P1(O)Oc2ccc3c(c2-c2c(ccc4c2CCCC4)O1)CCCC3.O=P1(O)Oc2ccc3c(c2-c2c(ccc4c2CCCC4)O1)CCCC3.[Sc]. The Morgan fingerprint density at radius 2 is 0.395 bits per heavy atom. The summed E-state index contributed by atoms with van der Waals surface area (Å²) in [5.74, 6) is 2.94. The first-order valence-electron chi connectivity index (χ1n) is 27.4. The zero-order valence-electron chi connectivity index (χ0n) is 42.8. The summed E-state index contributed by atoms with van der Waals surface area (Å²) in [7, 11) is -12.5. The van der Waals surface area contributed by atoms with Crippen molar-refractivity contribution >= 4 is 23.5 Å². The molecule has 0 unspecified atom stereocenters. The molecule has 0 fully saturated rings. The van der Waals surface area contributed by atoms with E-state index >= 15 is 0 Å². The summed E-state index contributed by atoms with van der Waals surface area (Å²) in [4.78, 5) is 30.5. The van der Waals surface area contributed by atoms with Gasteiger partial charge in [0.15, 0.2) is 0 Å². The first-order valence-corrected chi connectivity index (χ1v) is 31.9. The fourth-order valence-electron chi connectivity index (χ4n) is 13.7. The summed E-state index contributed by atoms with van der Waals surface area (Å²) in [5.41, 5.74) is 21.6. The molecule has 393 valence electrons. The van der Waals surface area contributed by atoms with E-state index in [4.69, 9.17) is 27.1 Å². The van der Waals surface area contributed by atoms with E-state index < -0.39 is 23.5 Å². The topological polar surface area (TPSA) is 167 Å². The Labute approximate surface area is 463 Å². The summed E-state index contributed by atoms with van der Waals surface area (Å²) in [6, 6.07) is 23.4. The molecule has 6 aliphatic carbocycles. The molecule has 15 rings (SSSR count). The maximum atomic E-state index is 12.4. The van der Waals surface area contributed by atoms with Crippen molar-refractivity contribution in [2.24, 2.45) is 0 Å². The smallest absolute Gasteiger partial charge is 0.395 e. The van der Waals surface area contributed by atoms with Crippen LogP contribution in [-0.2, 0) is 117 Å². The Bertz CT molecular complexity index is 2910. The van der Waals surface area contributed by atoms with Crippen LogP contribution in [0.3, 0.4) is 0 Å². The van der Waals surface area contributed by atoms with Gasteiger partial charge in [0.25, 0.3) is 0 Å². The van der Waals surface area contributed by atoms with Crippen molar-refractivity contribution in [1.82, 2.24) is 0 Å². The fourth-order valence-corrected chi connectivity index (χ4v) is 16.3. The van der Waals surface area contributed by atoms with E-state index in [9.17, 15) is 28.4 Å². The molecule has 0 atom stereocenters. The van der Waals surface area contributed by atoms with E-state index in [1.165, 1.54) is 105 Å². The number of benzene rings is 6. The van der Waals surface area contributed by atoms with Gasteiger partial charge >= 0.3 is 23.5 Å². The first kappa shape index (κ1) is 52.3. The normalized spacial score (nSPS) is 19.8. The molecule has 6 aromatic rings. The Morgan fingerprint density at radius 1 is 0.250 bits per heavy atom. The number of hydrogen-bond donors (Lipinski definition) is 3. The number of phosphoric acid groups is 3. The fraction of sp³-hybridized carbons (Fsp3) is 0.400. The van der Waals surface area contributed by atoms with Crippen LogP contribution in [-0.4, -0.2) is 14.7 Å². The van der Waals surface area contributed by atoms with Gasteiger partial charge in [0.05, 0.1) is 0 Å². The van der Waals surface area contributed by atoms with Crippen LogP contribution < -0.4 is 27.1 Å². The Balaban J connectivity index is 0.000000114. The third-order valence-electron chi connectivity index (χ3n) is 17.0. The quantitative estimate of drug-likeness (QED) is 0.123. The summed E-state index contributed by atoms with van der Waals surface area (Å²) < 4.78 is 70.1. The molecular weight excluding hydrogens is 1050 g/mol. The summed E-state index contributed by atoms with van der Waals surface area (Å²) >= 11 is 0. The van der Waals surface area contributed by atoms with Crippen LogP contribution in [0.5, 0.6) is 34.5 Å². The molecule has 1 radical (unpaired) electrons. The second kappa shape index (κ2) is 21.0. The largest absolute Gasteiger partial charge is 0.584 e. The molecule has 0 bridgehead atoms. The average Bonchev–Trinajstić information content (AvgIpc) is 3.76. The van der Waals surface area contributed by atoms with Crippen LogP contribution in [0.15, 0.2) is 72.8 Å². The zero-order chi connectivity index (χ0) is 51.1. The van der Waals surface area contributed by atoms with Gasteiger partial charge in [-0.15, -0.1) is 0 Å². The van der Waals surface area contributed by atoms with Crippen molar-refractivity contribution in [3.05, 3.63) is 140 Å². The van der Waals surface area contributed by atoms with Gasteiger partial charge in [0, 0.05) is 59.2 Å². The van der Waals surface area contributed by atoms with Crippen LogP contribution in [0.2, 0.25) is 0 Å². The second-order valence-electron chi connectivity index (χ2n) is 21.7. The molecule has 6 aromatic carbocycles. The van der Waals surface area contributed by atoms with Crippen LogP contribution in [0.4, 0.5) is 0 Å². The molecule has 0 saturated heterocycles. The third-order valence-corrected chi connectivity index (χ3v) is 19.6. The van der Waals surface area contributed by atoms with E-state index in [1.54, 1.807) is 0 Å². The van der Waals surface area contributed by atoms with E-state index in [-0.39, 0.29) is 25.8 Å². The maximum absolute atomic E-state index is 12.4. The Morgan fingerprint density at radius 3 is 0.553 bits per heavy atom. The molecule has 12 nitrogen and oxygen atoms in total. The Kier molecular flexibility index (Phi) is 14.4. The number of hydrogen-bond acceptors (Lipinski definition) is 9. The van der Waals surface area contributed by atoms with Gasteiger partial charge < -0.3 is 27.1 Å². The summed E-state index contributed by atoms with van der Waals surface area (Å²) in [6.07, 6.45) is 26.3. The first-order chi connectivity index (χ1) is 36.4. The molecule has 9 aliphatic rings. The van der Waals surface area contributed by atoms with Crippen LogP contribution >= 0.6 is 23.5 Å². The maximum Gasteiger partial charge on any atom is 0.584 e. The van der Waals surface area contributed by atoms with Crippen LogP contribution in [0.1, 0.15) is 144 Å². The predicted molar refractivity (Wildman–Crippen MR) is 289 cm³/mol. The van der Waals surface area contributed by atoms with E-state index in [0.29, 0.717) is 34.5 Å². The average molecular weight is 1110 g/mol. The molecule has 3 N–H and O–H groups in total. The van der Waals surface area contributed by atoms with Crippen molar-refractivity contribution < 1.29 is 81.4 Å². The van der Waals surface area contributed by atoms with Crippen molar-refractivity contribution in [2.75, 3.05) is 0 Å². The molecule has 3 aliphatic heterocycles. The molecule has 3 heterocycles. The minimum absolute atomic E-state index is 0. The number of fused-ring (bicyclic) bond motifs is 21. The predicted octanol–water partition coefficient (Wildman–Crippen LogP) is 14.9. The molecule has 16 heteroatoms. The van der Waals surface area contributed by atoms with E-state index in [1.807, 2.05) is 72.8 Å². The molecule has 0 saturated carbocycles.